The zero-order chi connectivity index (χ0) is 11.7. The van der Waals surface area contributed by atoms with Crippen LogP contribution in [0, 0.1) is 0 Å². The Morgan fingerprint density at radius 1 is 1.50 bits per heavy atom. The van der Waals surface area contributed by atoms with Gasteiger partial charge >= 0.3 is 5.97 Å². The molecule has 2 heterocycles. The van der Waals surface area contributed by atoms with Crippen LogP contribution in [0.25, 0.3) is 5.69 Å². The molecule has 0 aliphatic carbocycles. The summed E-state index contributed by atoms with van der Waals surface area (Å²) in [6.45, 7) is 0. The summed E-state index contributed by atoms with van der Waals surface area (Å²) in [6, 6.07) is 1.69. The minimum Gasteiger partial charge on any atom is -0.478 e. The van der Waals surface area contributed by atoms with Crippen molar-refractivity contribution >= 4 is 33.5 Å². The highest BCUT2D eigenvalue weighted by Gasteiger charge is 2.16. The monoisotopic (exact) mass is 301 g/mol. The summed E-state index contributed by atoms with van der Waals surface area (Å²) in [5.74, 6) is -1.12. The molecule has 0 saturated carbocycles. The Morgan fingerprint density at radius 3 is 2.81 bits per heavy atom. The number of halogens is 2. The Bertz CT molecular complexity index is 555. The first-order valence-electron chi connectivity index (χ1n) is 4.18. The van der Waals surface area contributed by atoms with Gasteiger partial charge in [0.2, 0.25) is 0 Å². The summed E-state index contributed by atoms with van der Waals surface area (Å²) >= 11 is 8.96. The van der Waals surface area contributed by atoms with Crippen LogP contribution >= 0.6 is 27.5 Å². The minimum absolute atomic E-state index is 0.0210. The van der Waals surface area contributed by atoms with Gasteiger partial charge < -0.3 is 5.11 Å². The lowest BCUT2D eigenvalue weighted by molar-refractivity contribution is 0.0697. The van der Waals surface area contributed by atoms with Crippen molar-refractivity contribution in [2.45, 2.75) is 0 Å². The fraction of sp³-hybridized carbons (Fsp3) is 0. The second-order valence-electron chi connectivity index (χ2n) is 2.90. The summed E-state index contributed by atoms with van der Waals surface area (Å²) in [6.07, 6.45) is 4.30. The van der Waals surface area contributed by atoms with Crippen molar-refractivity contribution in [3.05, 3.63) is 39.8 Å². The van der Waals surface area contributed by atoms with Crippen LogP contribution in [0.3, 0.4) is 0 Å². The maximum Gasteiger partial charge on any atom is 0.339 e. The van der Waals surface area contributed by atoms with Crippen LogP contribution < -0.4 is 0 Å². The van der Waals surface area contributed by atoms with E-state index in [2.05, 4.69) is 26.0 Å². The van der Waals surface area contributed by atoms with E-state index < -0.39 is 5.97 Å². The van der Waals surface area contributed by atoms with Gasteiger partial charge in [0.05, 0.1) is 16.9 Å². The van der Waals surface area contributed by atoms with Crippen molar-refractivity contribution in [3.8, 4) is 5.69 Å². The molecule has 0 aliphatic heterocycles. The standard InChI is InChI=1S/C9H5BrClN3O2/c10-7-1-2-14(13-7)6-4-12-3-5(11)8(6)9(15)16/h1-4H,(H,15,16). The van der Waals surface area contributed by atoms with Gasteiger partial charge in [-0.3, -0.25) is 4.98 Å². The maximum atomic E-state index is 11.1. The first-order chi connectivity index (χ1) is 7.59. The van der Waals surface area contributed by atoms with Gasteiger partial charge in [-0.25, -0.2) is 9.48 Å². The molecule has 0 radical (unpaired) electrons. The third-order valence-corrected chi connectivity index (χ3v) is 2.61. The van der Waals surface area contributed by atoms with E-state index >= 15 is 0 Å². The van der Waals surface area contributed by atoms with Gasteiger partial charge in [-0.05, 0) is 22.0 Å². The number of hydrogen-bond donors (Lipinski definition) is 1. The van der Waals surface area contributed by atoms with Crippen molar-refractivity contribution in [2.75, 3.05) is 0 Å². The number of hydrogen-bond acceptors (Lipinski definition) is 3. The molecule has 5 nitrogen and oxygen atoms in total. The summed E-state index contributed by atoms with van der Waals surface area (Å²) in [4.78, 5) is 14.9. The molecule has 0 bridgehead atoms. The molecule has 1 N–H and O–H groups in total. The predicted octanol–water partition coefficient (Wildman–Crippen LogP) is 2.38. The molecule has 0 unspecified atom stereocenters. The van der Waals surface area contributed by atoms with Crippen LogP contribution in [0.5, 0.6) is 0 Å². The largest absolute Gasteiger partial charge is 0.478 e. The van der Waals surface area contributed by atoms with Crippen LogP contribution in [-0.2, 0) is 0 Å². The highest BCUT2D eigenvalue weighted by molar-refractivity contribution is 9.10. The third-order valence-electron chi connectivity index (χ3n) is 1.90. The normalized spacial score (nSPS) is 10.4. The van der Waals surface area contributed by atoms with Crippen LogP contribution in [0.2, 0.25) is 5.02 Å². The average Bonchev–Trinajstić information content (AvgIpc) is 2.63. The van der Waals surface area contributed by atoms with Crippen molar-refractivity contribution in [3.63, 3.8) is 0 Å². The van der Waals surface area contributed by atoms with Gasteiger partial charge in [-0.1, -0.05) is 11.6 Å². The molecule has 0 spiro atoms. The molecule has 0 aliphatic rings. The fourth-order valence-electron chi connectivity index (χ4n) is 1.25. The number of rotatable bonds is 2. The zero-order valence-corrected chi connectivity index (χ0v) is 10.1. The minimum atomic E-state index is -1.12. The zero-order valence-electron chi connectivity index (χ0n) is 7.76. The van der Waals surface area contributed by atoms with E-state index in [0.717, 1.165) is 0 Å². The van der Waals surface area contributed by atoms with E-state index in [1.54, 1.807) is 12.3 Å². The third kappa shape index (κ3) is 1.94. The van der Waals surface area contributed by atoms with Crippen molar-refractivity contribution in [1.82, 2.24) is 14.8 Å². The molecule has 16 heavy (non-hydrogen) atoms. The molecule has 0 aromatic carbocycles. The molecule has 2 rings (SSSR count). The lowest BCUT2D eigenvalue weighted by atomic mass is 10.2. The van der Waals surface area contributed by atoms with Crippen LogP contribution in [0.4, 0.5) is 0 Å². The quantitative estimate of drug-likeness (QED) is 0.925. The Kier molecular flexibility index (Phi) is 2.93. The molecule has 0 saturated heterocycles. The molecule has 2 aromatic rings. The first kappa shape index (κ1) is 11.1. The number of aromatic nitrogens is 3. The van der Waals surface area contributed by atoms with Gasteiger partial charge in [0.1, 0.15) is 10.2 Å². The molecule has 0 atom stereocenters. The first-order valence-corrected chi connectivity index (χ1v) is 5.35. The Labute approximate surface area is 104 Å². The average molecular weight is 303 g/mol. The molecule has 7 heteroatoms. The van der Waals surface area contributed by atoms with Crippen LogP contribution in [0.1, 0.15) is 10.4 Å². The summed E-state index contributed by atoms with van der Waals surface area (Å²) in [5.41, 5.74) is 0.304. The fourth-order valence-corrected chi connectivity index (χ4v) is 1.77. The maximum absolute atomic E-state index is 11.1. The number of nitrogens with zero attached hydrogens (tertiary/aromatic N) is 3. The number of carboxylic acids is 1. The second-order valence-corrected chi connectivity index (χ2v) is 4.12. The second kappa shape index (κ2) is 4.23. The predicted molar refractivity (Wildman–Crippen MR) is 61.0 cm³/mol. The highest BCUT2D eigenvalue weighted by atomic mass is 79.9. The van der Waals surface area contributed by atoms with E-state index in [4.69, 9.17) is 16.7 Å². The molecular weight excluding hydrogens is 297 g/mol. The summed E-state index contributed by atoms with van der Waals surface area (Å²) in [7, 11) is 0. The lowest BCUT2D eigenvalue weighted by Gasteiger charge is -2.06. The van der Waals surface area contributed by atoms with E-state index in [9.17, 15) is 4.79 Å². The molecular formula is C9H5BrClN3O2. The van der Waals surface area contributed by atoms with Gasteiger partial charge in [0.15, 0.2) is 0 Å². The van der Waals surface area contributed by atoms with Gasteiger partial charge in [-0.15, -0.1) is 0 Å². The SMILES string of the molecule is O=C(O)c1c(Cl)cncc1-n1ccc(Br)n1. The summed E-state index contributed by atoms with van der Waals surface area (Å²) in [5, 5.41) is 13.2. The van der Waals surface area contributed by atoms with Gasteiger partial charge in [-0.2, -0.15) is 5.10 Å². The summed E-state index contributed by atoms with van der Waals surface area (Å²) < 4.78 is 2.00. The Hall–Kier alpha value is -1.40. The Balaban J connectivity index is 2.65. The van der Waals surface area contributed by atoms with E-state index in [-0.39, 0.29) is 10.6 Å². The molecule has 0 fully saturated rings. The number of pyridine rings is 1. The number of aromatic carboxylic acids is 1. The van der Waals surface area contributed by atoms with Gasteiger partial charge in [0, 0.05) is 12.4 Å². The van der Waals surface area contributed by atoms with Crippen molar-refractivity contribution < 1.29 is 9.90 Å². The van der Waals surface area contributed by atoms with Crippen LogP contribution in [-0.4, -0.2) is 25.8 Å². The molecule has 2 aromatic heterocycles. The van der Waals surface area contributed by atoms with E-state index in [0.29, 0.717) is 10.3 Å². The van der Waals surface area contributed by atoms with Crippen molar-refractivity contribution in [2.24, 2.45) is 0 Å². The topological polar surface area (TPSA) is 68.0 Å². The smallest absolute Gasteiger partial charge is 0.339 e. The number of carbonyl (C=O) groups is 1. The number of carboxylic acid groups (broad SMARTS) is 1. The molecule has 82 valence electrons. The van der Waals surface area contributed by atoms with Gasteiger partial charge in [0.25, 0.3) is 0 Å². The van der Waals surface area contributed by atoms with E-state index in [1.807, 2.05) is 0 Å². The molecule has 0 amide bonds. The highest BCUT2D eigenvalue weighted by Crippen LogP contribution is 2.22. The van der Waals surface area contributed by atoms with E-state index in [1.165, 1.54) is 17.1 Å². The van der Waals surface area contributed by atoms with Crippen LogP contribution in [0.15, 0.2) is 29.3 Å². The lowest BCUT2D eigenvalue weighted by Crippen LogP contribution is -2.07. The Morgan fingerprint density at radius 2 is 2.25 bits per heavy atom. The van der Waals surface area contributed by atoms with Crippen molar-refractivity contribution in [1.29, 1.82) is 0 Å².